The minimum absolute atomic E-state index is 0.373. The lowest BCUT2D eigenvalue weighted by Crippen LogP contribution is -2.00. The molecular formula is C11H15NO2. The molecule has 3 nitrogen and oxygen atoms in total. The summed E-state index contributed by atoms with van der Waals surface area (Å²) in [7, 11) is 0. The normalized spacial score (nSPS) is 12.7. The van der Waals surface area contributed by atoms with Crippen LogP contribution in [0, 0.1) is 0 Å². The molecule has 0 aliphatic carbocycles. The lowest BCUT2D eigenvalue weighted by atomic mass is 10.1. The molecule has 0 unspecified atom stereocenters. The molecule has 1 aromatic rings. The van der Waals surface area contributed by atoms with Gasteiger partial charge in [0.1, 0.15) is 0 Å². The number of carboxylic acids is 1. The molecule has 0 radical (unpaired) electrons. The second-order valence-corrected chi connectivity index (χ2v) is 2.89. The van der Waals surface area contributed by atoms with E-state index in [2.05, 4.69) is 5.32 Å². The van der Waals surface area contributed by atoms with Crippen molar-refractivity contribution in [1.29, 1.82) is 0 Å². The van der Waals surface area contributed by atoms with Gasteiger partial charge < -0.3 is 10.4 Å². The van der Waals surface area contributed by atoms with Gasteiger partial charge in [-0.2, -0.15) is 0 Å². The third-order valence-corrected chi connectivity index (χ3v) is 2.08. The van der Waals surface area contributed by atoms with Crippen molar-refractivity contribution < 1.29 is 9.90 Å². The molecule has 1 aliphatic heterocycles. The number of carbonyl (C=O) groups is 1. The number of aromatic carboxylic acids is 1. The molecular weight excluding hydrogens is 178 g/mol. The Hall–Kier alpha value is -1.35. The SMILES string of the molecule is CC.O=C(O)c1ccc2c(c1)CNC2. The maximum atomic E-state index is 10.6. The number of rotatable bonds is 1. The van der Waals surface area contributed by atoms with Crippen LogP contribution in [0.25, 0.3) is 0 Å². The molecule has 0 amide bonds. The number of hydrogen-bond donors (Lipinski definition) is 2. The smallest absolute Gasteiger partial charge is 0.335 e. The molecule has 1 heterocycles. The van der Waals surface area contributed by atoms with Crippen molar-refractivity contribution in [2.24, 2.45) is 0 Å². The summed E-state index contributed by atoms with van der Waals surface area (Å²) in [5.41, 5.74) is 2.69. The van der Waals surface area contributed by atoms with E-state index in [1.54, 1.807) is 12.1 Å². The Morgan fingerprint density at radius 1 is 1.29 bits per heavy atom. The first kappa shape index (κ1) is 10.7. The summed E-state index contributed by atoms with van der Waals surface area (Å²) in [5, 5.41) is 11.9. The summed E-state index contributed by atoms with van der Waals surface area (Å²) < 4.78 is 0. The Balaban J connectivity index is 0.000000461. The molecule has 1 aromatic carbocycles. The topological polar surface area (TPSA) is 49.3 Å². The second kappa shape index (κ2) is 4.77. The Morgan fingerprint density at radius 3 is 2.57 bits per heavy atom. The van der Waals surface area contributed by atoms with E-state index in [4.69, 9.17) is 5.11 Å². The van der Waals surface area contributed by atoms with E-state index >= 15 is 0 Å². The highest BCUT2D eigenvalue weighted by molar-refractivity contribution is 5.87. The van der Waals surface area contributed by atoms with Gasteiger partial charge in [-0.3, -0.25) is 0 Å². The van der Waals surface area contributed by atoms with E-state index < -0.39 is 5.97 Å². The Morgan fingerprint density at radius 2 is 1.93 bits per heavy atom. The van der Waals surface area contributed by atoms with Crippen LogP contribution in [0.1, 0.15) is 35.3 Å². The van der Waals surface area contributed by atoms with Crippen LogP contribution in [-0.4, -0.2) is 11.1 Å². The van der Waals surface area contributed by atoms with Gasteiger partial charge in [-0.05, 0) is 23.3 Å². The zero-order chi connectivity index (χ0) is 10.6. The van der Waals surface area contributed by atoms with Gasteiger partial charge in [-0.1, -0.05) is 19.9 Å². The number of hydrogen-bond acceptors (Lipinski definition) is 2. The highest BCUT2D eigenvalue weighted by Crippen LogP contribution is 2.16. The van der Waals surface area contributed by atoms with Crippen molar-refractivity contribution in [3.63, 3.8) is 0 Å². The van der Waals surface area contributed by atoms with Crippen LogP contribution >= 0.6 is 0 Å². The quantitative estimate of drug-likeness (QED) is 0.717. The van der Waals surface area contributed by atoms with Crippen molar-refractivity contribution in [2.75, 3.05) is 0 Å². The van der Waals surface area contributed by atoms with Gasteiger partial charge in [0.25, 0.3) is 0 Å². The predicted octanol–water partition coefficient (Wildman–Crippen LogP) is 2.01. The molecule has 2 N–H and O–H groups in total. The lowest BCUT2D eigenvalue weighted by Gasteiger charge is -1.98. The summed E-state index contributed by atoms with van der Waals surface area (Å²) in [6, 6.07) is 5.25. The van der Waals surface area contributed by atoms with E-state index in [1.807, 2.05) is 19.9 Å². The van der Waals surface area contributed by atoms with E-state index in [0.29, 0.717) is 5.56 Å². The summed E-state index contributed by atoms with van der Waals surface area (Å²) >= 11 is 0. The highest BCUT2D eigenvalue weighted by Gasteiger charge is 2.11. The number of fused-ring (bicyclic) bond motifs is 1. The third kappa shape index (κ3) is 2.12. The van der Waals surface area contributed by atoms with Crippen LogP contribution in [-0.2, 0) is 13.1 Å². The molecule has 0 aromatic heterocycles. The molecule has 0 atom stereocenters. The molecule has 0 saturated carbocycles. The average molecular weight is 193 g/mol. The van der Waals surface area contributed by atoms with Crippen LogP contribution in [0.4, 0.5) is 0 Å². The average Bonchev–Trinajstić information content (AvgIpc) is 2.67. The molecule has 0 bridgehead atoms. The van der Waals surface area contributed by atoms with Crippen molar-refractivity contribution in [1.82, 2.24) is 5.32 Å². The van der Waals surface area contributed by atoms with Gasteiger partial charge in [-0.25, -0.2) is 4.79 Å². The molecule has 2 rings (SSSR count). The number of nitrogens with one attached hydrogen (secondary N) is 1. The number of carboxylic acid groups (broad SMARTS) is 1. The van der Waals surface area contributed by atoms with Crippen LogP contribution < -0.4 is 5.32 Å². The Bertz CT molecular complexity index is 334. The van der Waals surface area contributed by atoms with Gasteiger partial charge in [0, 0.05) is 13.1 Å². The standard InChI is InChI=1S/C9H9NO2.C2H6/c11-9(12)6-1-2-7-4-10-5-8(7)3-6;1-2/h1-3,10H,4-5H2,(H,11,12);1-2H3. The van der Waals surface area contributed by atoms with Gasteiger partial charge in [-0.15, -0.1) is 0 Å². The monoisotopic (exact) mass is 193 g/mol. The summed E-state index contributed by atoms with van der Waals surface area (Å²) in [6.07, 6.45) is 0. The summed E-state index contributed by atoms with van der Waals surface area (Å²) in [6.45, 7) is 5.64. The maximum absolute atomic E-state index is 10.6. The van der Waals surface area contributed by atoms with Gasteiger partial charge >= 0.3 is 5.97 Å². The first-order chi connectivity index (χ1) is 6.77. The van der Waals surface area contributed by atoms with E-state index in [1.165, 1.54) is 5.56 Å². The van der Waals surface area contributed by atoms with Crippen molar-refractivity contribution in [3.8, 4) is 0 Å². The first-order valence-electron chi connectivity index (χ1n) is 4.83. The Kier molecular flexibility index (Phi) is 3.65. The fourth-order valence-corrected chi connectivity index (χ4v) is 1.43. The fourth-order valence-electron chi connectivity index (χ4n) is 1.43. The van der Waals surface area contributed by atoms with Crippen LogP contribution in [0.3, 0.4) is 0 Å². The largest absolute Gasteiger partial charge is 0.478 e. The molecule has 0 saturated heterocycles. The number of benzene rings is 1. The van der Waals surface area contributed by atoms with Gasteiger partial charge in [0.15, 0.2) is 0 Å². The van der Waals surface area contributed by atoms with E-state index in [0.717, 1.165) is 18.7 Å². The highest BCUT2D eigenvalue weighted by atomic mass is 16.4. The zero-order valence-corrected chi connectivity index (χ0v) is 8.50. The van der Waals surface area contributed by atoms with Gasteiger partial charge in [0.05, 0.1) is 5.56 Å². The van der Waals surface area contributed by atoms with Crippen LogP contribution in [0.2, 0.25) is 0 Å². The molecule has 0 fully saturated rings. The minimum Gasteiger partial charge on any atom is -0.478 e. The van der Waals surface area contributed by atoms with Crippen molar-refractivity contribution >= 4 is 5.97 Å². The zero-order valence-electron chi connectivity index (χ0n) is 8.50. The van der Waals surface area contributed by atoms with E-state index in [9.17, 15) is 4.79 Å². The lowest BCUT2D eigenvalue weighted by molar-refractivity contribution is 0.0697. The Labute approximate surface area is 83.8 Å². The van der Waals surface area contributed by atoms with Crippen LogP contribution in [0.15, 0.2) is 18.2 Å². The minimum atomic E-state index is -0.857. The predicted molar refractivity (Wildman–Crippen MR) is 55.3 cm³/mol. The van der Waals surface area contributed by atoms with Crippen molar-refractivity contribution in [2.45, 2.75) is 26.9 Å². The molecule has 14 heavy (non-hydrogen) atoms. The second-order valence-electron chi connectivity index (χ2n) is 2.89. The maximum Gasteiger partial charge on any atom is 0.335 e. The molecule has 3 heteroatoms. The van der Waals surface area contributed by atoms with Crippen LogP contribution in [0.5, 0.6) is 0 Å². The van der Waals surface area contributed by atoms with Gasteiger partial charge in [0.2, 0.25) is 0 Å². The summed E-state index contributed by atoms with van der Waals surface area (Å²) in [5.74, 6) is -0.857. The summed E-state index contributed by atoms with van der Waals surface area (Å²) in [4.78, 5) is 10.6. The third-order valence-electron chi connectivity index (χ3n) is 2.08. The first-order valence-corrected chi connectivity index (χ1v) is 4.83. The fraction of sp³-hybridized carbons (Fsp3) is 0.364. The molecule has 76 valence electrons. The van der Waals surface area contributed by atoms with E-state index in [-0.39, 0.29) is 0 Å². The van der Waals surface area contributed by atoms with Crippen molar-refractivity contribution in [3.05, 3.63) is 34.9 Å². The molecule has 0 spiro atoms. The molecule has 1 aliphatic rings.